The van der Waals surface area contributed by atoms with Gasteiger partial charge in [0.25, 0.3) is 20.2 Å². The molecule has 18 heavy (non-hydrogen) atoms. The second-order valence-corrected chi connectivity index (χ2v) is 6.17. The van der Waals surface area contributed by atoms with E-state index in [1.165, 1.54) is 24.4 Å². The Morgan fingerprint density at radius 3 is 2.17 bits per heavy atom. The lowest BCUT2D eigenvalue weighted by atomic mass is 10.2. The third-order valence-electron chi connectivity index (χ3n) is 2.23. The molecule has 0 fully saturated rings. The van der Waals surface area contributed by atoms with E-state index in [-0.39, 0.29) is 5.52 Å². The summed E-state index contributed by atoms with van der Waals surface area (Å²) in [6, 6.07) is 5.18. The first-order valence-corrected chi connectivity index (χ1v) is 7.42. The van der Waals surface area contributed by atoms with Crippen LogP contribution in [0.25, 0.3) is 10.9 Å². The molecule has 9 heteroatoms. The molecule has 1 aromatic heterocycles. The van der Waals surface area contributed by atoms with Crippen LogP contribution in [0.3, 0.4) is 0 Å². The van der Waals surface area contributed by atoms with Crippen LogP contribution in [0.5, 0.6) is 0 Å². The monoisotopic (exact) mass is 289 g/mol. The zero-order valence-corrected chi connectivity index (χ0v) is 10.3. The van der Waals surface area contributed by atoms with E-state index in [4.69, 9.17) is 9.11 Å². The van der Waals surface area contributed by atoms with Crippen molar-refractivity contribution in [1.82, 2.24) is 4.98 Å². The third-order valence-corrected chi connectivity index (χ3v) is 4.18. The van der Waals surface area contributed by atoms with E-state index in [1.54, 1.807) is 0 Å². The van der Waals surface area contributed by atoms with Crippen molar-refractivity contribution < 1.29 is 25.9 Å². The van der Waals surface area contributed by atoms with Crippen molar-refractivity contribution in [2.24, 2.45) is 0 Å². The van der Waals surface area contributed by atoms with E-state index in [1.807, 2.05) is 0 Å². The van der Waals surface area contributed by atoms with Crippen LogP contribution in [0.1, 0.15) is 0 Å². The topological polar surface area (TPSA) is 122 Å². The molecule has 0 aliphatic rings. The molecule has 96 valence electrons. The van der Waals surface area contributed by atoms with Gasteiger partial charge in [0.05, 0.1) is 5.52 Å². The lowest BCUT2D eigenvalue weighted by molar-refractivity contribution is 0.467. The molecule has 2 rings (SSSR count). The molecule has 0 saturated heterocycles. The number of pyridine rings is 1. The first-order valence-electron chi connectivity index (χ1n) is 4.54. The molecular formula is C9H7NO6S2. The normalized spacial score (nSPS) is 12.8. The van der Waals surface area contributed by atoms with Crippen LogP contribution in [-0.2, 0) is 20.2 Å². The maximum atomic E-state index is 11.3. The lowest BCUT2D eigenvalue weighted by Crippen LogP contribution is -2.09. The fraction of sp³-hybridized carbons (Fsp3) is 0. The summed E-state index contributed by atoms with van der Waals surface area (Å²) < 4.78 is 62.8. The first kappa shape index (κ1) is 12.9. The van der Waals surface area contributed by atoms with Crippen molar-refractivity contribution in [2.45, 2.75) is 9.79 Å². The molecule has 2 N–H and O–H groups in total. The zero-order valence-electron chi connectivity index (χ0n) is 8.68. The Balaban J connectivity index is 3.08. The SMILES string of the molecule is O=S(=O)(O)c1ccc2cccnc2c1S(=O)(=O)O. The van der Waals surface area contributed by atoms with E-state index >= 15 is 0 Å². The molecule has 0 bridgehead atoms. The minimum atomic E-state index is -4.84. The van der Waals surface area contributed by atoms with Crippen molar-refractivity contribution in [1.29, 1.82) is 0 Å². The number of hydrogen-bond acceptors (Lipinski definition) is 5. The van der Waals surface area contributed by atoms with Gasteiger partial charge in [0.2, 0.25) is 0 Å². The zero-order chi connectivity index (χ0) is 13.6. The highest BCUT2D eigenvalue weighted by atomic mass is 32.2. The van der Waals surface area contributed by atoms with E-state index in [0.29, 0.717) is 5.39 Å². The number of aromatic nitrogens is 1. The summed E-state index contributed by atoms with van der Waals surface area (Å²) in [6.45, 7) is 0. The first-order chi connectivity index (χ1) is 8.21. The molecule has 7 nitrogen and oxygen atoms in total. The number of fused-ring (bicyclic) bond motifs is 1. The standard InChI is InChI=1S/C9H7NO6S2/c11-17(12,13)7-4-3-6-2-1-5-10-8(6)9(7)18(14,15)16/h1-5H,(H,11,12,13)(H,14,15,16). The van der Waals surface area contributed by atoms with Gasteiger partial charge in [0, 0.05) is 11.6 Å². The van der Waals surface area contributed by atoms with Crippen molar-refractivity contribution in [3.05, 3.63) is 30.5 Å². The van der Waals surface area contributed by atoms with E-state index < -0.39 is 30.0 Å². The Bertz CT molecular complexity index is 825. The minimum Gasteiger partial charge on any atom is -0.282 e. The summed E-state index contributed by atoms with van der Waals surface area (Å²) in [7, 11) is -9.63. The number of nitrogens with zero attached hydrogens (tertiary/aromatic N) is 1. The van der Waals surface area contributed by atoms with Gasteiger partial charge >= 0.3 is 0 Å². The molecule has 0 spiro atoms. The number of hydrogen-bond donors (Lipinski definition) is 2. The van der Waals surface area contributed by atoms with Crippen LogP contribution < -0.4 is 0 Å². The van der Waals surface area contributed by atoms with Crippen LogP contribution >= 0.6 is 0 Å². The summed E-state index contributed by atoms with van der Waals surface area (Å²) >= 11 is 0. The molecule has 0 unspecified atom stereocenters. The van der Waals surface area contributed by atoms with E-state index in [0.717, 1.165) is 6.07 Å². The highest BCUT2D eigenvalue weighted by Crippen LogP contribution is 2.28. The van der Waals surface area contributed by atoms with Gasteiger partial charge in [-0.25, -0.2) is 0 Å². The molecule has 0 amide bonds. The highest BCUT2D eigenvalue weighted by molar-refractivity contribution is 7.89. The lowest BCUT2D eigenvalue weighted by Gasteiger charge is -2.07. The number of benzene rings is 1. The molecular weight excluding hydrogens is 282 g/mol. The fourth-order valence-corrected chi connectivity index (χ4v) is 3.49. The summed E-state index contributed by atoms with van der Waals surface area (Å²) in [5, 5.41) is 0.317. The summed E-state index contributed by atoms with van der Waals surface area (Å²) in [5.41, 5.74) is -0.227. The predicted octanol–water partition coefficient (Wildman–Crippen LogP) is 0.728. The molecule has 1 aromatic carbocycles. The van der Waals surface area contributed by atoms with E-state index in [9.17, 15) is 16.8 Å². The Morgan fingerprint density at radius 2 is 1.61 bits per heavy atom. The van der Waals surface area contributed by atoms with Crippen LogP contribution in [-0.4, -0.2) is 30.9 Å². The summed E-state index contributed by atoms with van der Waals surface area (Å²) in [5.74, 6) is 0. The fourth-order valence-electron chi connectivity index (χ4n) is 1.55. The van der Waals surface area contributed by atoms with Crippen molar-refractivity contribution >= 4 is 31.1 Å². The van der Waals surface area contributed by atoms with Gasteiger partial charge < -0.3 is 0 Å². The average molecular weight is 289 g/mol. The van der Waals surface area contributed by atoms with Crippen molar-refractivity contribution in [2.75, 3.05) is 0 Å². The molecule has 0 saturated carbocycles. The van der Waals surface area contributed by atoms with Crippen LogP contribution in [0.4, 0.5) is 0 Å². The van der Waals surface area contributed by atoms with Crippen LogP contribution in [0, 0.1) is 0 Å². The van der Waals surface area contributed by atoms with Crippen LogP contribution in [0.15, 0.2) is 40.3 Å². The van der Waals surface area contributed by atoms with Gasteiger partial charge in [-0.15, -0.1) is 0 Å². The van der Waals surface area contributed by atoms with Gasteiger partial charge in [-0.2, -0.15) is 16.8 Å². The van der Waals surface area contributed by atoms with Gasteiger partial charge in [0.15, 0.2) is 0 Å². The quantitative estimate of drug-likeness (QED) is 0.781. The summed E-state index contributed by atoms with van der Waals surface area (Å²) in [4.78, 5) is 1.87. The second kappa shape index (κ2) is 3.99. The predicted molar refractivity (Wildman–Crippen MR) is 61.4 cm³/mol. The molecule has 0 aliphatic heterocycles. The largest absolute Gasteiger partial charge is 0.298 e. The minimum absolute atomic E-state index is 0.227. The van der Waals surface area contributed by atoms with Gasteiger partial charge in [-0.1, -0.05) is 12.1 Å². The molecule has 0 atom stereocenters. The third kappa shape index (κ3) is 2.20. The summed E-state index contributed by atoms with van der Waals surface area (Å²) in [6.07, 6.45) is 1.24. The Labute approximate surface area is 103 Å². The number of rotatable bonds is 2. The molecule has 1 heterocycles. The van der Waals surface area contributed by atoms with Gasteiger partial charge in [0.1, 0.15) is 9.79 Å². The van der Waals surface area contributed by atoms with Crippen molar-refractivity contribution in [3.8, 4) is 0 Å². The molecule has 0 radical (unpaired) electrons. The Hall–Kier alpha value is -1.55. The Morgan fingerprint density at radius 1 is 0.944 bits per heavy atom. The van der Waals surface area contributed by atoms with Crippen LogP contribution in [0.2, 0.25) is 0 Å². The maximum Gasteiger partial charge on any atom is 0.298 e. The van der Waals surface area contributed by atoms with Crippen molar-refractivity contribution in [3.63, 3.8) is 0 Å². The van der Waals surface area contributed by atoms with Gasteiger partial charge in [-0.3, -0.25) is 14.1 Å². The maximum absolute atomic E-state index is 11.3. The second-order valence-electron chi connectivity index (χ2n) is 3.42. The molecule has 2 aromatic rings. The highest BCUT2D eigenvalue weighted by Gasteiger charge is 2.27. The smallest absolute Gasteiger partial charge is 0.282 e. The van der Waals surface area contributed by atoms with Gasteiger partial charge in [-0.05, 0) is 12.1 Å². The Kier molecular flexibility index (Phi) is 2.86. The average Bonchev–Trinajstić information content (AvgIpc) is 2.24. The van der Waals surface area contributed by atoms with E-state index in [2.05, 4.69) is 4.98 Å². The molecule has 0 aliphatic carbocycles.